The van der Waals surface area contributed by atoms with Gasteiger partial charge in [0.1, 0.15) is 0 Å². The van der Waals surface area contributed by atoms with Crippen molar-refractivity contribution in [1.82, 2.24) is 20.4 Å². The molecule has 0 radical (unpaired) electrons. The van der Waals surface area contributed by atoms with Gasteiger partial charge in [0.15, 0.2) is 0 Å². The van der Waals surface area contributed by atoms with Crippen LogP contribution in [0.5, 0.6) is 0 Å². The molecule has 1 saturated heterocycles. The number of carbonyl (C=O) groups is 1. The van der Waals surface area contributed by atoms with Crippen molar-refractivity contribution in [3.05, 3.63) is 58.1 Å². The number of benzene rings is 1. The average molecular weight is 453 g/mol. The quantitative estimate of drug-likeness (QED) is 0.501. The van der Waals surface area contributed by atoms with Gasteiger partial charge in [-0.3, -0.25) is 9.69 Å². The van der Waals surface area contributed by atoms with Crippen LogP contribution in [-0.2, 0) is 17.6 Å². The van der Waals surface area contributed by atoms with Crippen molar-refractivity contribution in [2.24, 2.45) is 5.92 Å². The lowest BCUT2D eigenvalue weighted by Gasteiger charge is -2.36. The van der Waals surface area contributed by atoms with Gasteiger partial charge in [0, 0.05) is 29.8 Å². The summed E-state index contributed by atoms with van der Waals surface area (Å²) in [4.78, 5) is 20.8. The molecule has 32 heavy (non-hydrogen) atoms. The summed E-state index contributed by atoms with van der Waals surface area (Å²) in [6, 6.07) is 12.7. The molecule has 3 heterocycles. The molecule has 2 aromatic heterocycles. The van der Waals surface area contributed by atoms with E-state index in [4.69, 9.17) is 4.52 Å². The SMILES string of the molecule is CCc1ccc(-c2noc(CCC(=O)NCC(c3cccs3)N3CCC(C)CC3)n2)cc1. The Kier molecular flexibility index (Phi) is 7.71. The molecular weight excluding hydrogens is 420 g/mol. The minimum Gasteiger partial charge on any atom is -0.354 e. The Morgan fingerprint density at radius 2 is 2.03 bits per heavy atom. The van der Waals surface area contributed by atoms with Crippen LogP contribution in [0.15, 0.2) is 46.3 Å². The van der Waals surface area contributed by atoms with E-state index in [1.54, 1.807) is 11.3 Å². The minimum absolute atomic E-state index is 0.0176. The highest BCUT2D eigenvalue weighted by Gasteiger charge is 2.25. The van der Waals surface area contributed by atoms with Crippen LogP contribution in [0.25, 0.3) is 11.4 Å². The number of nitrogens with zero attached hydrogens (tertiary/aromatic N) is 3. The first-order valence-corrected chi connectivity index (χ1v) is 12.5. The maximum Gasteiger partial charge on any atom is 0.227 e. The molecule has 1 aliphatic heterocycles. The van der Waals surface area contributed by atoms with Gasteiger partial charge < -0.3 is 9.84 Å². The van der Waals surface area contributed by atoms with Crippen molar-refractivity contribution in [1.29, 1.82) is 0 Å². The Morgan fingerprint density at radius 1 is 1.25 bits per heavy atom. The molecule has 0 spiro atoms. The fourth-order valence-corrected chi connectivity index (χ4v) is 4.97. The van der Waals surface area contributed by atoms with E-state index in [1.807, 2.05) is 12.1 Å². The molecule has 7 heteroatoms. The van der Waals surface area contributed by atoms with Gasteiger partial charge in [-0.1, -0.05) is 49.3 Å². The van der Waals surface area contributed by atoms with Crippen LogP contribution in [0.2, 0.25) is 0 Å². The minimum atomic E-state index is 0.0176. The molecule has 0 bridgehead atoms. The van der Waals surface area contributed by atoms with Crippen LogP contribution in [0.1, 0.15) is 55.5 Å². The normalized spacial score (nSPS) is 16.2. The van der Waals surface area contributed by atoms with Crippen molar-refractivity contribution in [3.8, 4) is 11.4 Å². The van der Waals surface area contributed by atoms with Crippen LogP contribution in [0.4, 0.5) is 0 Å². The van der Waals surface area contributed by atoms with E-state index in [1.165, 1.54) is 23.3 Å². The molecule has 1 atom stereocenters. The van der Waals surface area contributed by atoms with Gasteiger partial charge in [0.2, 0.25) is 17.6 Å². The first-order valence-electron chi connectivity index (χ1n) is 11.6. The van der Waals surface area contributed by atoms with Crippen molar-refractivity contribution in [2.75, 3.05) is 19.6 Å². The lowest BCUT2D eigenvalue weighted by molar-refractivity contribution is -0.121. The van der Waals surface area contributed by atoms with Gasteiger partial charge >= 0.3 is 0 Å². The summed E-state index contributed by atoms with van der Waals surface area (Å²) < 4.78 is 5.37. The summed E-state index contributed by atoms with van der Waals surface area (Å²) in [5.74, 6) is 1.87. The lowest BCUT2D eigenvalue weighted by Crippen LogP contribution is -2.41. The number of rotatable bonds is 9. The summed E-state index contributed by atoms with van der Waals surface area (Å²) in [5, 5.41) is 9.32. The highest BCUT2D eigenvalue weighted by molar-refractivity contribution is 7.10. The monoisotopic (exact) mass is 452 g/mol. The largest absolute Gasteiger partial charge is 0.354 e. The Hall–Kier alpha value is -2.51. The van der Waals surface area contributed by atoms with Crippen LogP contribution >= 0.6 is 11.3 Å². The second-order valence-electron chi connectivity index (χ2n) is 8.62. The van der Waals surface area contributed by atoms with E-state index < -0.39 is 0 Å². The zero-order valence-electron chi connectivity index (χ0n) is 18.9. The number of aromatic nitrogens is 2. The highest BCUT2D eigenvalue weighted by atomic mass is 32.1. The molecule has 170 valence electrons. The second kappa shape index (κ2) is 10.9. The number of thiophene rings is 1. The van der Waals surface area contributed by atoms with Crippen LogP contribution in [0, 0.1) is 5.92 Å². The topological polar surface area (TPSA) is 71.3 Å². The summed E-state index contributed by atoms with van der Waals surface area (Å²) in [7, 11) is 0. The van der Waals surface area contributed by atoms with Gasteiger partial charge in [-0.25, -0.2) is 0 Å². The molecule has 1 amide bonds. The maximum atomic E-state index is 12.6. The molecule has 3 aromatic rings. The number of amides is 1. The second-order valence-corrected chi connectivity index (χ2v) is 9.60. The van der Waals surface area contributed by atoms with Crippen molar-refractivity contribution >= 4 is 17.2 Å². The predicted octanol–water partition coefficient (Wildman–Crippen LogP) is 4.88. The number of likely N-dealkylation sites (tertiary alicyclic amines) is 1. The standard InChI is InChI=1S/C25H32N4O2S/c1-3-19-6-8-20(9-7-19)25-27-24(31-28-25)11-10-23(30)26-17-21(22-5-4-16-32-22)29-14-12-18(2)13-15-29/h4-9,16,18,21H,3,10-15,17H2,1-2H3,(H,26,30). The van der Waals surface area contributed by atoms with E-state index in [-0.39, 0.29) is 11.9 Å². The van der Waals surface area contributed by atoms with E-state index in [0.29, 0.717) is 31.1 Å². The summed E-state index contributed by atoms with van der Waals surface area (Å²) >= 11 is 1.76. The van der Waals surface area contributed by atoms with Crippen molar-refractivity contribution in [3.63, 3.8) is 0 Å². The molecule has 1 aliphatic rings. The lowest BCUT2D eigenvalue weighted by atomic mass is 9.97. The summed E-state index contributed by atoms with van der Waals surface area (Å²) in [5.41, 5.74) is 2.20. The first kappa shape index (κ1) is 22.7. The Morgan fingerprint density at radius 3 is 2.72 bits per heavy atom. The number of aryl methyl sites for hydroxylation is 2. The zero-order chi connectivity index (χ0) is 22.3. The molecule has 1 aromatic carbocycles. The number of carbonyl (C=O) groups excluding carboxylic acids is 1. The van der Waals surface area contributed by atoms with Crippen LogP contribution in [-0.4, -0.2) is 40.6 Å². The van der Waals surface area contributed by atoms with Gasteiger partial charge in [-0.05, 0) is 55.3 Å². The van der Waals surface area contributed by atoms with E-state index in [2.05, 4.69) is 63.9 Å². The Bertz CT molecular complexity index is 976. The fraction of sp³-hybridized carbons (Fsp3) is 0.480. The summed E-state index contributed by atoms with van der Waals surface area (Å²) in [6.45, 7) is 7.25. The molecule has 1 unspecified atom stereocenters. The number of nitrogens with one attached hydrogen (secondary N) is 1. The van der Waals surface area contributed by atoms with Crippen molar-refractivity contribution < 1.29 is 9.32 Å². The van der Waals surface area contributed by atoms with Gasteiger partial charge in [-0.2, -0.15) is 4.98 Å². The molecule has 4 rings (SSSR count). The van der Waals surface area contributed by atoms with Gasteiger partial charge in [0.25, 0.3) is 0 Å². The maximum absolute atomic E-state index is 12.6. The molecular formula is C25H32N4O2S. The van der Waals surface area contributed by atoms with Crippen LogP contribution < -0.4 is 5.32 Å². The van der Waals surface area contributed by atoms with E-state index in [9.17, 15) is 4.79 Å². The van der Waals surface area contributed by atoms with Gasteiger partial charge in [-0.15, -0.1) is 11.3 Å². The van der Waals surface area contributed by atoms with Crippen LogP contribution in [0.3, 0.4) is 0 Å². The molecule has 0 saturated carbocycles. The molecule has 0 aliphatic carbocycles. The third-order valence-corrected chi connectivity index (χ3v) is 7.25. The Labute approximate surface area is 194 Å². The van der Waals surface area contributed by atoms with E-state index >= 15 is 0 Å². The van der Waals surface area contributed by atoms with Gasteiger partial charge in [0.05, 0.1) is 6.04 Å². The summed E-state index contributed by atoms with van der Waals surface area (Å²) in [6.07, 6.45) is 4.21. The third kappa shape index (κ3) is 5.84. The smallest absolute Gasteiger partial charge is 0.227 e. The number of piperidine rings is 1. The number of hydrogen-bond acceptors (Lipinski definition) is 6. The highest BCUT2D eigenvalue weighted by Crippen LogP contribution is 2.29. The number of hydrogen-bond donors (Lipinski definition) is 1. The first-order chi connectivity index (χ1) is 15.6. The van der Waals surface area contributed by atoms with Crippen molar-refractivity contribution in [2.45, 2.75) is 52.0 Å². The molecule has 1 N–H and O–H groups in total. The van der Waals surface area contributed by atoms with E-state index in [0.717, 1.165) is 31.0 Å². The third-order valence-electron chi connectivity index (χ3n) is 6.28. The zero-order valence-corrected chi connectivity index (χ0v) is 19.7. The Balaban J connectivity index is 1.29. The predicted molar refractivity (Wildman–Crippen MR) is 127 cm³/mol. The fourth-order valence-electron chi connectivity index (χ4n) is 4.11. The molecule has 1 fully saturated rings. The average Bonchev–Trinajstić information content (AvgIpc) is 3.52. The molecule has 6 nitrogen and oxygen atoms in total.